The summed E-state index contributed by atoms with van der Waals surface area (Å²) in [5.74, 6) is -0.386. The maximum atomic E-state index is 13.6. The molecule has 4 aromatic rings. The van der Waals surface area contributed by atoms with Crippen molar-refractivity contribution in [1.29, 1.82) is 0 Å². The highest BCUT2D eigenvalue weighted by Crippen LogP contribution is 2.37. The molecule has 1 atom stereocenters. The van der Waals surface area contributed by atoms with Crippen LogP contribution in [0.15, 0.2) is 97.1 Å². The molecule has 4 aromatic carbocycles. The number of hydrogen-bond acceptors (Lipinski definition) is 3. The number of ether oxygens (including phenoxy) is 1. The number of hydrogen-bond donors (Lipinski definition) is 1. The van der Waals surface area contributed by atoms with E-state index < -0.39 is 17.7 Å². The van der Waals surface area contributed by atoms with Crippen LogP contribution in [-0.4, -0.2) is 35.7 Å². The minimum absolute atomic E-state index is 0.0254. The van der Waals surface area contributed by atoms with Gasteiger partial charge < -0.3 is 9.84 Å². The van der Waals surface area contributed by atoms with Crippen molar-refractivity contribution in [3.63, 3.8) is 0 Å². The van der Waals surface area contributed by atoms with Crippen molar-refractivity contribution in [2.24, 2.45) is 0 Å². The lowest BCUT2D eigenvalue weighted by molar-refractivity contribution is -0.138. The fourth-order valence-corrected chi connectivity index (χ4v) is 5.65. The molecule has 0 bridgehead atoms. The van der Waals surface area contributed by atoms with E-state index in [2.05, 4.69) is 4.90 Å². The second-order valence-electron chi connectivity index (χ2n) is 10.2. The predicted octanol–water partition coefficient (Wildman–Crippen LogP) is 9.13. The van der Waals surface area contributed by atoms with Crippen LogP contribution >= 0.6 is 23.2 Å². The summed E-state index contributed by atoms with van der Waals surface area (Å²) in [6.07, 6.45) is -3.40. The van der Waals surface area contributed by atoms with Gasteiger partial charge in [0.15, 0.2) is 0 Å². The van der Waals surface area contributed by atoms with Gasteiger partial charge in [-0.15, -0.1) is 0 Å². The number of alkyl halides is 3. The zero-order valence-corrected chi connectivity index (χ0v) is 24.9. The van der Waals surface area contributed by atoms with Crippen LogP contribution in [0.2, 0.25) is 10.0 Å². The molecule has 4 rings (SSSR count). The van der Waals surface area contributed by atoms with Gasteiger partial charge in [0, 0.05) is 24.0 Å². The van der Waals surface area contributed by atoms with Crippen LogP contribution in [0.1, 0.15) is 46.6 Å². The summed E-state index contributed by atoms with van der Waals surface area (Å²) < 4.78 is 46.6. The van der Waals surface area contributed by atoms with Crippen LogP contribution in [0.5, 0.6) is 5.75 Å². The lowest BCUT2D eigenvalue weighted by Crippen LogP contribution is -2.28. The van der Waals surface area contributed by atoms with Crippen molar-refractivity contribution in [1.82, 2.24) is 4.90 Å². The first kappa shape index (κ1) is 32.4. The normalized spacial score (nSPS) is 12.3. The molecule has 0 aliphatic carbocycles. The summed E-state index contributed by atoms with van der Waals surface area (Å²) in [5.41, 5.74) is 2.26. The molecule has 9 heteroatoms. The van der Waals surface area contributed by atoms with Gasteiger partial charge >= 0.3 is 12.1 Å². The fourth-order valence-electron chi connectivity index (χ4n) is 5.09. The molecule has 0 radical (unpaired) electrons. The van der Waals surface area contributed by atoms with Crippen molar-refractivity contribution >= 4 is 29.2 Å². The average Bonchev–Trinajstić information content (AvgIpc) is 2.97. The Labute approximate surface area is 259 Å². The second kappa shape index (κ2) is 15.3. The van der Waals surface area contributed by atoms with Crippen LogP contribution in [0, 0.1) is 0 Å². The zero-order valence-electron chi connectivity index (χ0n) is 23.4. The molecule has 0 spiro atoms. The molecule has 1 unspecified atom stereocenters. The van der Waals surface area contributed by atoms with Crippen LogP contribution in [0.3, 0.4) is 0 Å². The second-order valence-corrected chi connectivity index (χ2v) is 11.0. The van der Waals surface area contributed by atoms with Crippen LogP contribution in [0.4, 0.5) is 13.2 Å². The van der Waals surface area contributed by atoms with Gasteiger partial charge in [-0.05, 0) is 65.9 Å². The van der Waals surface area contributed by atoms with E-state index in [4.69, 9.17) is 33.0 Å². The smallest absolute Gasteiger partial charge is 0.417 e. The van der Waals surface area contributed by atoms with E-state index in [1.165, 1.54) is 6.07 Å². The molecule has 226 valence electrons. The Morgan fingerprint density at radius 2 is 1.60 bits per heavy atom. The van der Waals surface area contributed by atoms with Crippen molar-refractivity contribution in [2.45, 2.75) is 37.9 Å². The van der Waals surface area contributed by atoms with E-state index in [0.717, 1.165) is 17.2 Å². The van der Waals surface area contributed by atoms with Crippen LogP contribution in [-0.2, 0) is 23.9 Å². The Morgan fingerprint density at radius 3 is 2.33 bits per heavy atom. The molecule has 0 saturated carbocycles. The quantitative estimate of drug-likeness (QED) is 0.141. The molecule has 0 saturated heterocycles. The van der Waals surface area contributed by atoms with E-state index >= 15 is 0 Å². The minimum atomic E-state index is -4.55. The van der Waals surface area contributed by atoms with E-state index in [9.17, 15) is 18.0 Å². The maximum Gasteiger partial charge on any atom is 0.417 e. The monoisotopic (exact) mass is 629 g/mol. The maximum absolute atomic E-state index is 13.6. The van der Waals surface area contributed by atoms with Crippen LogP contribution < -0.4 is 4.74 Å². The number of carboxylic acid groups (broad SMARTS) is 1. The van der Waals surface area contributed by atoms with Gasteiger partial charge in [0.2, 0.25) is 0 Å². The molecule has 0 heterocycles. The molecule has 0 amide bonds. The topological polar surface area (TPSA) is 49.8 Å². The van der Waals surface area contributed by atoms with Crippen LogP contribution in [0.25, 0.3) is 0 Å². The molecule has 0 fully saturated rings. The number of carbonyl (C=O) groups is 1. The summed E-state index contributed by atoms with van der Waals surface area (Å²) in [4.78, 5) is 13.1. The Morgan fingerprint density at radius 1 is 0.884 bits per heavy atom. The molecule has 4 nitrogen and oxygen atoms in total. The van der Waals surface area contributed by atoms with Gasteiger partial charge in [-0.3, -0.25) is 9.69 Å². The minimum Gasteiger partial charge on any atom is -0.494 e. The molecule has 0 aromatic heterocycles. The van der Waals surface area contributed by atoms with E-state index in [1.54, 1.807) is 30.3 Å². The van der Waals surface area contributed by atoms with Gasteiger partial charge in [-0.1, -0.05) is 96.0 Å². The largest absolute Gasteiger partial charge is 0.494 e. The summed E-state index contributed by atoms with van der Waals surface area (Å²) in [5, 5.41) is 9.42. The van der Waals surface area contributed by atoms with Gasteiger partial charge in [0.25, 0.3) is 0 Å². The number of aliphatic carboxylic acids is 1. The summed E-state index contributed by atoms with van der Waals surface area (Å²) in [6.45, 7) is 1.66. The number of carboxylic acids is 1. The van der Waals surface area contributed by atoms with Gasteiger partial charge in [-0.2, -0.15) is 13.2 Å². The lowest BCUT2D eigenvalue weighted by Gasteiger charge is -2.27. The third kappa shape index (κ3) is 9.48. The molecule has 0 aliphatic heterocycles. The first-order valence-corrected chi connectivity index (χ1v) is 14.7. The summed E-state index contributed by atoms with van der Waals surface area (Å²) >= 11 is 12.9. The highest BCUT2D eigenvalue weighted by molar-refractivity contribution is 6.32. The predicted molar refractivity (Wildman–Crippen MR) is 164 cm³/mol. The first-order chi connectivity index (χ1) is 20.6. The van der Waals surface area contributed by atoms with Gasteiger partial charge in [-0.25, -0.2) is 0 Å². The van der Waals surface area contributed by atoms with E-state index in [0.29, 0.717) is 54.4 Å². The van der Waals surface area contributed by atoms with Crippen molar-refractivity contribution in [2.75, 3.05) is 19.7 Å². The van der Waals surface area contributed by atoms with E-state index in [1.807, 2.05) is 54.6 Å². The standard InChI is InChI=1S/C34H32Cl2F3NO3/c35-31-16-5-4-14-29(31)28(25-10-2-1-3-11-25)17-19-40(23-26-12-7-15-30(33(26)36)34(37,38)39)18-8-20-43-27-13-6-9-24(21-27)22-32(41)42/h1-7,9-16,21,28H,8,17-20,22-23H2,(H,41,42). The Hall–Kier alpha value is -3.52. The number of halogens is 5. The Kier molecular flexibility index (Phi) is 11.5. The third-order valence-corrected chi connectivity index (χ3v) is 7.93. The molecular weight excluding hydrogens is 598 g/mol. The van der Waals surface area contributed by atoms with Gasteiger partial charge in [0.05, 0.1) is 23.6 Å². The molecule has 43 heavy (non-hydrogen) atoms. The highest BCUT2D eigenvalue weighted by Gasteiger charge is 2.34. The first-order valence-electron chi connectivity index (χ1n) is 13.9. The summed E-state index contributed by atoms with van der Waals surface area (Å²) in [6, 6.07) is 28.6. The molecule has 1 N–H and O–H groups in total. The molecular formula is C34H32Cl2F3NO3. The highest BCUT2D eigenvalue weighted by atomic mass is 35.5. The van der Waals surface area contributed by atoms with Crippen molar-refractivity contribution in [3.8, 4) is 5.75 Å². The van der Waals surface area contributed by atoms with Gasteiger partial charge in [0.1, 0.15) is 5.75 Å². The SMILES string of the molecule is O=C(O)Cc1cccc(OCCCN(CCC(c2ccccc2)c2ccccc2Cl)Cc2cccc(C(F)(F)F)c2Cl)c1. The molecule has 0 aliphatic rings. The fraction of sp³-hybridized carbons (Fsp3) is 0.265. The lowest BCUT2D eigenvalue weighted by atomic mass is 9.88. The average molecular weight is 631 g/mol. The van der Waals surface area contributed by atoms with Crippen molar-refractivity contribution in [3.05, 3.63) is 135 Å². The number of rotatable bonds is 14. The third-order valence-electron chi connectivity index (χ3n) is 7.14. The number of nitrogens with zero attached hydrogens (tertiary/aromatic N) is 1. The Balaban J connectivity index is 1.51. The zero-order chi connectivity index (χ0) is 30.8. The number of benzene rings is 4. The van der Waals surface area contributed by atoms with E-state index in [-0.39, 0.29) is 23.9 Å². The van der Waals surface area contributed by atoms with Crippen molar-refractivity contribution < 1.29 is 27.8 Å². The Bertz CT molecular complexity index is 1500. The summed E-state index contributed by atoms with van der Waals surface area (Å²) in [7, 11) is 0.